The molecule has 3 rings (SSSR count). The van der Waals surface area contributed by atoms with Gasteiger partial charge < -0.3 is 10.6 Å². The molecule has 2 N–H and O–H groups in total. The lowest BCUT2D eigenvalue weighted by molar-refractivity contribution is -0.383. The average Bonchev–Trinajstić information content (AvgIpc) is 2.59. The first-order valence-electron chi connectivity index (χ1n) is 7.18. The number of rotatable bonds is 5. The second-order valence-electron chi connectivity index (χ2n) is 5.03. The number of anilines is 4. The van der Waals surface area contributed by atoms with Crippen molar-refractivity contribution in [2.45, 2.75) is 0 Å². The van der Waals surface area contributed by atoms with Gasteiger partial charge in [0.25, 0.3) is 0 Å². The third-order valence-electron chi connectivity index (χ3n) is 3.32. The minimum Gasteiger partial charge on any atom is -0.333 e. The second kappa shape index (κ2) is 7.74. The van der Waals surface area contributed by atoms with E-state index in [1.165, 1.54) is 12.4 Å². The van der Waals surface area contributed by atoms with Crippen LogP contribution in [0.25, 0.3) is 0 Å². The van der Waals surface area contributed by atoms with Crippen LogP contribution < -0.4 is 10.6 Å². The molecule has 3 aromatic rings. The molecule has 0 fully saturated rings. The summed E-state index contributed by atoms with van der Waals surface area (Å²) in [6.45, 7) is 0. The third kappa shape index (κ3) is 3.96. The van der Waals surface area contributed by atoms with E-state index < -0.39 is 4.92 Å². The van der Waals surface area contributed by atoms with Gasteiger partial charge in [0.1, 0.15) is 6.33 Å². The Kier molecular flexibility index (Phi) is 5.41. The first-order valence-corrected chi connectivity index (χ1v) is 8.32. The Bertz CT molecular complexity index is 984. The molecule has 0 atom stereocenters. The van der Waals surface area contributed by atoms with Gasteiger partial charge in [0.15, 0.2) is 0 Å². The number of nitrogens with zero attached hydrogens (tertiary/aromatic N) is 3. The molecule has 0 aliphatic carbocycles. The zero-order chi connectivity index (χ0) is 18.7. The van der Waals surface area contributed by atoms with Gasteiger partial charge in [0.2, 0.25) is 11.6 Å². The summed E-state index contributed by atoms with van der Waals surface area (Å²) < 4.78 is 0. The van der Waals surface area contributed by atoms with E-state index in [-0.39, 0.29) is 17.3 Å². The van der Waals surface area contributed by atoms with Crippen molar-refractivity contribution in [3.05, 3.63) is 74.0 Å². The molecule has 0 unspecified atom stereocenters. The maximum Gasteiger partial charge on any atom is 0.353 e. The smallest absolute Gasteiger partial charge is 0.333 e. The van der Waals surface area contributed by atoms with E-state index >= 15 is 0 Å². The largest absolute Gasteiger partial charge is 0.353 e. The highest BCUT2D eigenvalue weighted by Crippen LogP contribution is 2.36. The monoisotopic (exact) mass is 409 g/mol. The molecular weight excluding hydrogens is 401 g/mol. The highest BCUT2D eigenvalue weighted by molar-refractivity contribution is 6.36. The van der Waals surface area contributed by atoms with E-state index in [0.29, 0.717) is 26.4 Å². The molecule has 10 heteroatoms. The Morgan fingerprint density at radius 3 is 2.08 bits per heavy atom. The Balaban J connectivity index is 2.01. The van der Waals surface area contributed by atoms with Crippen LogP contribution in [0.5, 0.6) is 0 Å². The molecule has 2 aromatic carbocycles. The number of aromatic nitrogens is 2. The van der Waals surface area contributed by atoms with Gasteiger partial charge in [-0.2, -0.15) is 0 Å². The molecule has 26 heavy (non-hydrogen) atoms. The van der Waals surface area contributed by atoms with Crippen molar-refractivity contribution in [2.24, 2.45) is 0 Å². The fourth-order valence-corrected chi connectivity index (χ4v) is 2.78. The van der Waals surface area contributed by atoms with Crippen LogP contribution >= 0.6 is 34.8 Å². The fraction of sp³-hybridized carbons (Fsp3) is 0. The highest BCUT2D eigenvalue weighted by atomic mass is 35.5. The molecule has 7 nitrogen and oxygen atoms in total. The van der Waals surface area contributed by atoms with Crippen LogP contribution in [-0.4, -0.2) is 14.9 Å². The maximum absolute atomic E-state index is 11.6. The lowest BCUT2D eigenvalue weighted by Crippen LogP contribution is -2.06. The number of hydrogen-bond acceptors (Lipinski definition) is 6. The topological polar surface area (TPSA) is 93.0 Å². The Morgan fingerprint density at radius 1 is 0.885 bits per heavy atom. The molecule has 0 radical (unpaired) electrons. The molecule has 1 aromatic heterocycles. The Morgan fingerprint density at radius 2 is 1.50 bits per heavy atom. The van der Waals surface area contributed by atoms with E-state index in [9.17, 15) is 10.1 Å². The van der Waals surface area contributed by atoms with Crippen LogP contribution in [0, 0.1) is 10.1 Å². The van der Waals surface area contributed by atoms with Crippen LogP contribution in [-0.2, 0) is 0 Å². The number of benzene rings is 2. The van der Waals surface area contributed by atoms with Crippen molar-refractivity contribution in [2.75, 3.05) is 10.6 Å². The first-order chi connectivity index (χ1) is 12.5. The molecule has 1 heterocycles. The summed E-state index contributed by atoms with van der Waals surface area (Å²) in [6.07, 6.45) is 1.19. The average molecular weight is 411 g/mol. The van der Waals surface area contributed by atoms with Crippen molar-refractivity contribution < 1.29 is 4.92 Å². The summed E-state index contributed by atoms with van der Waals surface area (Å²) in [7, 11) is 0. The second-order valence-corrected chi connectivity index (χ2v) is 6.28. The van der Waals surface area contributed by atoms with E-state index in [1.807, 2.05) is 0 Å². The number of hydrogen-bond donors (Lipinski definition) is 2. The Labute approximate surface area is 163 Å². The lowest BCUT2D eigenvalue weighted by atomic mass is 10.3. The van der Waals surface area contributed by atoms with Gasteiger partial charge in [-0.15, -0.1) is 0 Å². The summed E-state index contributed by atoms with van der Waals surface area (Å²) >= 11 is 18.1. The highest BCUT2D eigenvalue weighted by Gasteiger charge is 2.24. The number of nitro groups is 1. The lowest BCUT2D eigenvalue weighted by Gasteiger charge is -2.11. The van der Waals surface area contributed by atoms with Crippen molar-refractivity contribution in [3.8, 4) is 0 Å². The Hall–Kier alpha value is -2.61. The van der Waals surface area contributed by atoms with Crippen molar-refractivity contribution in [1.29, 1.82) is 0 Å². The predicted molar refractivity (Wildman–Crippen MR) is 103 cm³/mol. The molecule has 0 aliphatic heterocycles. The number of nitrogens with one attached hydrogen (secondary N) is 2. The standard InChI is InChI=1S/C16H10Cl3N5O2/c17-9-5-6-13(11(19)7-9)23-16-14(24(25)26)15(20-8-21-16)22-12-4-2-1-3-10(12)18/h1-8H,(H2,20,21,22,23). The van der Waals surface area contributed by atoms with Gasteiger partial charge in [0, 0.05) is 5.02 Å². The van der Waals surface area contributed by atoms with Crippen LogP contribution in [0.2, 0.25) is 15.1 Å². The fourth-order valence-electron chi connectivity index (χ4n) is 2.14. The molecule has 0 bridgehead atoms. The zero-order valence-corrected chi connectivity index (χ0v) is 15.2. The third-order valence-corrected chi connectivity index (χ3v) is 4.19. The van der Waals surface area contributed by atoms with Gasteiger partial charge in [0.05, 0.1) is 26.3 Å². The maximum atomic E-state index is 11.6. The van der Waals surface area contributed by atoms with E-state index in [2.05, 4.69) is 20.6 Å². The number of para-hydroxylation sites is 1. The summed E-state index contributed by atoms with van der Waals surface area (Å²) in [6, 6.07) is 11.5. The van der Waals surface area contributed by atoms with Gasteiger partial charge >= 0.3 is 5.69 Å². The zero-order valence-electron chi connectivity index (χ0n) is 12.9. The van der Waals surface area contributed by atoms with Crippen molar-refractivity contribution in [1.82, 2.24) is 9.97 Å². The SMILES string of the molecule is O=[N+]([O-])c1c(Nc2ccccc2Cl)ncnc1Nc1ccc(Cl)cc1Cl. The number of halogens is 3. The van der Waals surface area contributed by atoms with Crippen molar-refractivity contribution in [3.63, 3.8) is 0 Å². The summed E-state index contributed by atoms with van der Waals surface area (Å²) in [4.78, 5) is 18.9. The minimum absolute atomic E-state index is 0.00862. The van der Waals surface area contributed by atoms with Crippen LogP contribution in [0.4, 0.5) is 28.7 Å². The minimum atomic E-state index is -0.592. The molecule has 0 amide bonds. The summed E-state index contributed by atoms with van der Waals surface area (Å²) in [5, 5.41) is 18.4. The first kappa shape index (κ1) is 18.2. The van der Waals surface area contributed by atoms with Crippen molar-refractivity contribution >= 4 is 63.5 Å². The summed E-state index contributed by atoms with van der Waals surface area (Å²) in [5.41, 5.74) is 0.548. The van der Waals surface area contributed by atoms with Crippen LogP contribution in [0.3, 0.4) is 0 Å². The molecule has 132 valence electrons. The van der Waals surface area contributed by atoms with Gasteiger partial charge in [-0.25, -0.2) is 9.97 Å². The van der Waals surface area contributed by atoms with E-state index in [1.54, 1.807) is 36.4 Å². The molecule has 0 saturated heterocycles. The van der Waals surface area contributed by atoms with Gasteiger partial charge in [-0.1, -0.05) is 46.9 Å². The van der Waals surface area contributed by atoms with E-state index in [0.717, 1.165) is 0 Å². The molecule has 0 saturated carbocycles. The van der Waals surface area contributed by atoms with Crippen LogP contribution in [0.15, 0.2) is 48.8 Å². The predicted octanol–water partition coefficient (Wildman–Crippen LogP) is 5.83. The van der Waals surface area contributed by atoms with E-state index in [4.69, 9.17) is 34.8 Å². The quantitative estimate of drug-likeness (QED) is 0.406. The molecular formula is C16H10Cl3N5O2. The molecule has 0 aliphatic rings. The van der Waals surface area contributed by atoms with Crippen LogP contribution in [0.1, 0.15) is 0 Å². The summed E-state index contributed by atoms with van der Waals surface area (Å²) in [5.74, 6) is -0.0329. The van der Waals surface area contributed by atoms with Gasteiger partial charge in [-0.05, 0) is 30.3 Å². The van der Waals surface area contributed by atoms with Gasteiger partial charge in [-0.3, -0.25) is 10.1 Å². The molecule has 0 spiro atoms. The normalized spacial score (nSPS) is 10.4.